The summed E-state index contributed by atoms with van der Waals surface area (Å²) in [7, 11) is 0. The average molecular weight is 356 g/mol. The SMILES string of the molecule is C(CCCN1CCOCC1)CCOC1CCN(C2CNCCO2)CC1. The molecule has 3 aliphatic rings. The van der Waals surface area contributed by atoms with E-state index in [1.54, 1.807) is 0 Å². The molecule has 0 aromatic rings. The second-order valence-corrected chi connectivity index (χ2v) is 7.50. The lowest BCUT2D eigenvalue weighted by atomic mass is 10.1. The van der Waals surface area contributed by atoms with Gasteiger partial charge in [-0.05, 0) is 32.2 Å². The molecule has 0 aromatic heterocycles. The fraction of sp³-hybridized carbons (Fsp3) is 1.00. The molecule has 25 heavy (non-hydrogen) atoms. The molecule has 6 nitrogen and oxygen atoms in total. The van der Waals surface area contributed by atoms with Gasteiger partial charge in [0.05, 0.1) is 25.9 Å². The summed E-state index contributed by atoms with van der Waals surface area (Å²) in [5, 5.41) is 3.42. The number of rotatable bonds is 9. The van der Waals surface area contributed by atoms with Crippen LogP contribution in [-0.4, -0.2) is 94.4 Å². The van der Waals surface area contributed by atoms with Gasteiger partial charge >= 0.3 is 0 Å². The molecular formula is C19H37N3O3. The van der Waals surface area contributed by atoms with Crippen molar-refractivity contribution in [3.8, 4) is 0 Å². The number of morpholine rings is 2. The molecule has 146 valence electrons. The van der Waals surface area contributed by atoms with E-state index in [-0.39, 0.29) is 6.23 Å². The molecule has 0 bridgehead atoms. The highest BCUT2D eigenvalue weighted by Gasteiger charge is 2.26. The Kier molecular flexibility index (Phi) is 8.95. The van der Waals surface area contributed by atoms with Crippen molar-refractivity contribution in [2.75, 3.05) is 72.2 Å². The highest BCUT2D eigenvalue weighted by atomic mass is 16.5. The van der Waals surface area contributed by atoms with Gasteiger partial charge in [-0.1, -0.05) is 12.8 Å². The molecule has 3 heterocycles. The van der Waals surface area contributed by atoms with Crippen LogP contribution in [0.25, 0.3) is 0 Å². The molecule has 0 aliphatic carbocycles. The van der Waals surface area contributed by atoms with Gasteiger partial charge in [0, 0.05) is 45.9 Å². The fourth-order valence-corrected chi connectivity index (χ4v) is 3.98. The smallest absolute Gasteiger partial charge is 0.123 e. The highest BCUT2D eigenvalue weighted by molar-refractivity contribution is 4.77. The van der Waals surface area contributed by atoms with Crippen LogP contribution in [0.2, 0.25) is 0 Å². The number of unbranched alkanes of at least 4 members (excludes halogenated alkanes) is 3. The van der Waals surface area contributed by atoms with Gasteiger partial charge in [-0.25, -0.2) is 0 Å². The third-order valence-electron chi connectivity index (χ3n) is 5.62. The van der Waals surface area contributed by atoms with Crippen LogP contribution in [0.5, 0.6) is 0 Å². The second kappa shape index (κ2) is 11.5. The first kappa shape index (κ1) is 19.5. The van der Waals surface area contributed by atoms with Crippen LogP contribution < -0.4 is 5.32 Å². The minimum atomic E-state index is 0.279. The van der Waals surface area contributed by atoms with Crippen molar-refractivity contribution >= 4 is 0 Å². The van der Waals surface area contributed by atoms with Crippen LogP contribution in [0.4, 0.5) is 0 Å². The van der Waals surface area contributed by atoms with Crippen LogP contribution in [0, 0.1) is 0 Å². The summed E-state index contributed by atoms with van der Waals surface area (Å²) in [6.45, 7) is 11.2. The number of hydrogen-bond acceptors (Lipinski definition) is 6. The van der Waals surface area contributed by atoms with Gasteiger partial charge in [0.25, 0.3) is 0 Å². The predicted octanol–water partition coefficient (Wildman–Crippen LogP) is 1.31. The predicted molar refractivity (Wildman–Crippen MR) is 98.9 cm³/mol. The Morgan fingerprint density at radius 2 is 1.72 bits per heavy atom. The van der Waals surface area contributed by atoms with Crippen molar-refractivity contribution in [3.63, 3.8) is 0 Å². The van der Waals surface area contributed by atoms with Crippen molar-refractivity contribution in [1.29, 1.82) is 0 Å². The molecule has 3 saturated heterocycles. The van der Waals surface area contributed by atoms with Crippen LogP contribution >= 0.6 is 0 Å². The first-order valence-corrected chi connectivity index (χ1v) is 10.4. The Morgan fingerprint density at radius 1 is 0.920 bits per heavy atom. The van der Waals surface area contributed by atoms with Crippen LogP contribution in [0.15, 0.2) is 0 Å². The van der Waals surface area contributed by atoms with Gasteiger partial charge in [0.2, 0.25) is 0 Å². The minimum absolute atomic E-state index is 0.279. The zero-order valence-corrected chi connectivity index (χ0v) is 15.8. The molecule has 0 amide bonds. The number of nitrogens with zero attached hydrogens (tertiary/aromatic N) is 2. The molecule has 0 radical (unpaired) electrons. The normalized spacial score (nSPS) is 27.6. The monoisotopic (exact) mass is 355 g/mol. The summed E-state index contributed by atoms with van der Waals surface area (Å²) in [6, 6.07) is 0. The molecule has 3 aliphatic heterocycles. The summed E-state index contributed by atoms with van der Waals surface area (Å²) in [4.78, 5) is 5.00. The van der Waals surface area contributed by atoms with Gasteiger partial charge in [-0.3, -0.25) is 9.80 Å². The zero-order valence-electron chi connectivity index (χ0n) is 15.8. The first-order valence-electron chi connectivity index (χ1n) is 10.4. The molecule has 1 unspecified atom stereocenters. The molecule has 6 heteroatoms. The third-order valence-corrected chi connectivity index (χ3v) is 5.62. The van der Waals surface area contributed by atoms with Crippen molar-refractivity contribution in [3.05, 3.63) is 0 Å². The molecule has 3 rings (SSSR count). The lowest BCUT2D eigenvalue weighted by Gasteiger charge is -2.39. The van der Waals surface area contributed by atoms with Gasteiger partial charge < -0.3 is 19.5 Å². The Bertz CT molecular complexity index is 339. The van der Waals surface area contributed by atoms with E-state index in [4.69, 9.17) is 14.2 Å². The van der Waals surface area contributed by atoms with E-state index in [0.29, 0.717) is 6.10 Å². The van der Waals surface area contributed by atoms with Crippen molar-refractivity contribution in [2.24, 2.45) is 0 Å². The number of piperidine rings is 1. The largest absolute Gasteiger partial charge is 0.379 e. The summed E-state index contributed by atoms with van der Waals surface area (Å²) >= 11 is 0. The van der Waals surface area contributed by atoms with Crippen LogP contribution in [-0.2, 0) is 14.2 Å². The minimum Gasteiger partial charge on any atom is -0.379 e. The average Bonchev–Trinajstić information content (AvgIpc) is 2.69. The van der Waals surface area contributed by atoms with Gasteiger partial charge in [0.1, 0.15) is 6.23 Å². The maximum atomic E-state index is 6.11. The van der Waals surface area contributed by atoms with E-state index in [1.165, 1.54) is 32.2 Å². The second-order valence-electron chi connectivity index (χ2n) is 7.50. The van der Waals surface area contributed by atoms with Gasteiger partial charge in [0.15, 0.2) is 0 Å². The Labute approximate surface area is 153 Å². The number of likely N-dealkylation sites (tertiary alicyclic amines) is 1. The fourth-order valence-electron chi connectivity index (χ4n) is 3.98. The summed E-state index contributed by atoms with van der Waals surface area (Å²) in [5.74, 6) is 0. The van der Waals surface area contributed by atoms with Gasteiger partial charge in [-0.15, -0.1) is 0 Å². The van der Waals surface area contributed by atoms with E-state index < -0.39 is 0 Å². The number of hydrogen-bond donors (Lipinski definition) is 1. The highest BCUT2D eigenvalue weighted by Crippen LogP contribution is 2.18. The van der Waals surface area contributed by atoms with E-state index in [0.717, 1.165) is 78.5 Å². The molecule has 0 aromatic carbocycles. The van der Waals surface area contributed by atoms with Crippen molar-refractivity contribution < 1.29 is 14.2 Å². The molecule has 1 N–H and O–H groups in total. The van der Waals surface area contributed by atoms with E-state index in [9.17, 15) is 0 Å². The Morgan fingerprint density at radius 3 is 2.48 bits per heavy atom. The lowest BCUT2D eigenvalue weighted by molar-refractivity contribution is -0.0993. The standard InChI is InChI=1S/C19H37N3O3/c1(3-8-21-11-15-23-16-12-21)2-4-13-24-18-5-9-22(10-6-18)19-17-20-7-14-25-19/h18-20H,1-17H2. The van der Waals surface area contributed by atoms with E-state index in [2.05, 4.69) is 15.1 Å². The van der Waals surface area contributed by atoms with Crippen LogP contribution in [0.3, 0.4) is 0 Å². The zero-order chi connectivity index (χ0) is 17.2. The Balaban J connectivity index is 1.14. The van der Waals surface area contributed by atoms with E-state index in [1.807, 2.05) is 0 Å². The van der Waals surface area contributed by atoms with Crippen molar-refractivity contribution in [1.82, 2.24) is 15.1 Å². The summed E-state index contributed by atoms with van der Waals surface area (Å²) in [6.07, 6.45) is 8.18. The van der Waals surface area contributed by atoms with Gasteiger partial charge in [-0.2, -0.15) is 0 Å². The van der Waals surface area contributed by atoms with Crippen molar-refractivity contribution in [2.45, 2.75) is 50.9 Å². The van der Waals surface area contributed by atoms with E-state index >= 15 is 0 Å². The molecule has 1 atom stereocenters. The third kappa shape index (κ3) is 7.12. The number of nitrogens with one attached hydrogen (secondary N) is 1. The number of ether oxygens (including phenoxy) is 3. The lowest BCUT2D eigenvalue weighted by Crippen LogP contribution is -2.52. The molecule has 0 saturated carbocycles. The summed E-state index contributed by atoms with van der Waals surface area (Å²) in [5.41, 5.74) is 0. The quantitative estimate of drug-likeness (QED) is 0.629. The molecule has 3 fully saturated rings. The maximum absolute atomic E-state index is 6.11. The molecule has 0 spiro atoms. The first-order chi connectivity index (χ1) is 12.4. The summed E-state index contributed by atoms with van der Waals surface area (Å²) < 4.78 is 17.3. The topological polar surface area (TPSA) is 46.2 Å². The van der Waals surface area contributed by atoms with Crippen LogP contribution in [0.1, 0.15) is 38.5 Å². The Hall–Kier alpha value is -0.240. The maximum Gasteiger partial charge on any atom is 0.123 e. The molecular weight excluding hydrogens is 318 g/mol.